The van der Waals surface area contributed by atoms with Crippen LogP contribution in [0.4, 0.5) is 4.39 Å². The van der Waals surface area contributed by atoms with E-state index in [1.54, 1.807) is 29.1 Å². The fourth-order valence-electron chi connectivity index (χ4n) is 2.47. The van der Waals surface area contributed by atoms with E-state index < -0.39 is 15.7 Å². The Labute approximate surface area is 149 Å². The topological polar surface area (TPSA) is 61.2 Å². The van der Waals surface area contributed by atoms with Crippen molar-refractivity contribution in [3.8, 4) is 22.8 Å². The van der Waals surface area contributed by atoms with Crippen molar-refractivity contribution in [3.05, 3.63) is 59.6 Å². The second-order valence-corrected chi connectivity index (χ2v) is 7.75. The molecule has 0 saturated carbocycles. The van der Waals surface area contributed by atoms with Crippen LogP contribution in [-0.4, -0.2) is 31.3 Å². The molecule has 0 aliphatic rings. The van der Waals surface area contributed by atoms with Crippen molar-refractivity contribution in [2.45, 2.75) is 4.90 Å². The molecule has 0 spiro atoms. The normalized spacial score (nSPS) is 11.5. The maximum absolute atomic E-state index is 14.0. The SMILES string of the molecule is COc1ccc(-c2nccn2-c2ccc(S(C)(=O)=O)c(Cl)c2)cc1F. The van der Waals surface area contributed by atoms with Crippen LogP contribution in [0.1, 0.15) is 0 Å². The number of imidazole rings is 1. The Bertz CT molecular complexity index is 1050. The molecule has 0 fully saturated rings. The smallest absolute Gasteiger partial charge is 0.176 e. The van der Waals surface area contributed by atoms with E-state index in [4.69, 9.17) is 16.3 Å². The Morgan fingerprint density at radius 1 is 1.20 bits per heavy atom. The molecule has 0 bridgehead atoms. The van der Waals surface area contributed by atoms with Crippen LogP contribution < -0.4 is 4.74 Å². The molecule has 1 heterocycles. The Kier molecular flexibility index (Phi) is 4.53. The molecule has 0 atom stereocenters. The van der Waals surface area contributed by atoms with Crippen molar-refractivity contribution in [3.63, 3.8) is 0 Å². The van der Waals surface area contributed by atoms with Gasteiger partial charge >= 0.3 is 0 Å². The fourth-order valence-corrected chi connectivity index (χ4v) is 3.79. The van der Waals surface area contributed by atoms with Gasteiger partial charge in [0.2, 0.25) is 0 Å². The van der Waals surface area contributed by atoms with Crippen LogP contribution in [-0.2, 0) is 9.84 Å². The van der Waals surface area contributed by atoms with E-state index in [9.17, 15) is 12.8 Å². The minimum atomic E-state index is -3.41. The van der Waals surface area contributed by atoms with Crippen LogP contribution in [0.5, 0.6) is 5.75 Å². The van der Waals surface area contributed by atoms with Gasteiger partial charge in [-0.25, -0.2) is 17.8 Å². The summed E-state index contributed by atoms with van der Waals surface area (Å²) in [7, 11) is -2.02. The Balaban J connectivity index is 2.08. The van der Waals surface area contributed by atoms with Crippen molar-refractivity contribution in [2.24, 2.45) is 0 Å². The van der Waals surface area contributed by atoms with Crippen LogP contribution in [0.15, 0.2) is 53.7 Å². The predicted octanol–water partition coefficient (Wildman–Crippen LogP) is 3.74. The van der Waals surface area contributed by atoms with E-state index in [-0.39, 0.29) is 15.7 Å². The molecular formula is C17H14ClFN2O3S. The quantitative estimate of drug-likeness (QED) is 0.691. The number of hydrogen-bond donors (Lipinski definition) is 0. The van der Waals surface area contributed by atoms with Crippen molar-refractivity contribution >= 4 is 21.4 Å². The first-order valence-electron chi connectivity index (χ1n) is 7.18. The van der Waals surface area contributed by atoms with Crippen LogP contribution in [0.3, 0.4) is 0 Å². The number of benzene rings is 2. The lowest BCUT2D eigenvalue weighted by Crippen LogP contribution is -2.01. The molecule has 0 N–H and O–H groups in total. The number of halogens is 2. The highest BCUT2D eigenvalue weighted by Gasteiger charge is 2.15. The fraction of sp³-hybridized carbons (Fsp3) is 0.118. The first kappa shape index (κ1) is 17.4. The largest absolute Gasteiger partial charge is 0.494 e. The lowest BCUT2D eigenvalue weighted by Gasteiger charge is -2.11. The maximum Gasteiger partial charge on any atom is 0.176 e. The number of methoxy groups -OCH3 is 1. The van der Waals surface area contributed by atoms with Gasteiger partial charge in [-0.1, -0.05) is 11.6 Å². The number of aromatic nitrogens is 2. The zero-order chi connectivity index (χ0) is 18.2. The van der Waals surface area contributed by atoms with E-state index in [0.29, 0.717) is 17.1 Å². The van der Waals surface area contributed by atoms with Crippen LogP contribution >= 0.6 is 11.6 Å². The Hall–Kier alpha value is -2.38. The number of nitrogens with zero attached hydrogens (tertiary/aromatic N) is 2. The summed E-state index contributed by atoms with van der Waals surface area (Å²) >= 11 is 6.10. The van der Waals surface area contributed by atoms with Gasteiger partial charge in [-0.05, 0) is 36.4 Å². The molecule has 130 valence electrons. The highest BCUT2D eigenvalue weighted by atomic mass is 35.5. The summed E-state index contributed by atoms with van der Waals surface area (Å²) in [4.78, 5) is 4.31. The van der Waals surface area contributed by atoms with Gasteiger partial charge in [0.25, 0.3) is 0 Å². The van der Waals surface area contributed by atoms with Crippen molar-refractivity contribution in [1.82, 2.24) is 9.55 Å². The molecule has 0 aliphatic heterocycles. The summed E-state index contributed by atoms with van der Waals surface area (Å²) in [6.07, 6.45) is 4.34. The van der Waals surface area contributed by atoms with Crippen molar-refractivity contribution < 1.29 is 17.5 Å². The third kappa shape index (κ3) is 3.38. The van der Waals surface area contributed by atoms with Gasteiger partial charge in [0, 0.05) is 29.9 Å². The lowest BCUT2D eigenvalue weighted by molar-refractivity contribution is 0.386. The van der Waals surface area contributed by atoms with Crippen molar-refractivity contribution in [2.75, 3.05) is 13.4 Å². The molecule has 3 aromatic rings. The van der Waals surface area contributed by atoms with Crippen LogP contribution in [0.2, 0.25) is 5.02 Å². The average molecular weight is 381 g/mol. The number of hydrogen-bond acceptors (Lipinski definition) is 4. The molecule has 5 nitrogen and oxygen atoms in total. The Morgan fingerprint density at radius 2 is 1.96 bits per heavy atom. The Morgan fingerprint density at radius 3 is 2.56 bits per heavy atom. The second kappa shape index (κ2) is 6.50. The zero-order valence-corrected chi connectivity index (χ0v) is 15.0. The lowest BCUT2D eigenvalue weighted by atomic mass is 10.2. The zero-order valence-electron chi connectivity index (χ0n) is 13.4. The molecule has 3 rings (SSSR count). The van der Waals surface area contributed by atoms with Gasteiger partial charge in [0.05, 0.1) is 17.0 Å². The molecular weight excluding hydrogens is 367 g/mol. The molecule has 1 aromatic heterocycles. The first-order valence-corrected chi connectivity index (χ1v) is 9.45. The van der Waals surface area contributed by atoms with Gasteiger partial charge in [0.15, 0.2) is 21.4 Å². The number of ether oxygens (including phenoxy) is 1. The van der Waals surface area contributed by atoms with Gasteiger partial charge < -0.3 is 4.74 Å². The molecule has 0 aliphatic carbocycles. The second-order valence-electron chi connectivity index (χ2n) is 5.36. The minimum absolute atomic E-state index is 0.0510. The summed E-state index contributed by atoms with van der Waals surface area (Å²) in [5.74, 6) is 0.132. The summed E-state index contributed by atoms with van der Waals surface area (Å²) in [6, 6.07) is 9.11. The minimum Gasteiger partial charge on any atom is -0.494 e. The van der Waals surface area contributed by atoms with Crippen molar-refractivity contribution in [1.29, 1.82) is 0 Å². The molecule has 0 unspecified atom stereocenters. The number of sulfone groups is 1. The van der Waals surface area contributed by atoms with E-state index >= 15 is 0 Å². The van der Waals surface area contributed by atoms with Crippen LogP contribution in [0, 0.1) is 5.82 Å². The number of rotatable bonds is 4. The van der Waals surface area contributed by atoms with E-state index in [0.717, 1.165) is 6.26 Å². The molecule has 2 aromatic carbocycles. The summed E-state index contributed by atoms with van der Waals surface area (Å²) in [6.45, 7) is 0. The van der Waals surface area contributed by atoms with Gasteiger partial charge in [0.1, 0.15) is 5.82 Å². The predicted molar refractivity (Wildman–Crippen MR) is 93.6 cm³/mol. The monoisotopic (exact) mass is 380 g/mol. The van der Waals surface area contributed by atoms with E-state index in [1.807, 2.05) is 0 Å². The van der Waals surface area contributed by atoms with Gasteiger partial charge in [-0.3, -0.25) is 4.57 Å². The standard InChI is InChI=1S/C17H14ClFN2O3S/c1-24-15-5-3-11(9-14(15)19)17-20-7-8-21(17)12-4-6-16(13(18)10-12)25(2,22)23/h3-10H,1-2H3. The highest BCUT2D eigenvalue weighted by Crippen LogP contribution is 2.29. The molecule has 25 heavy (non-hydrogen) atoms. The maximum atomic E-state index is 14.0. The summed E-state index contributed by atoms with van der Waals surface area (Å²) in [5.41, 5.74) is 1.16. The van der Waals surface area contributed by atoms with E-state index in [2.05, 4.69) is 4.98 Å². The highest BCUT2D eigenvalue weighted by molar-refractivity contribution is 7.90. The molecule has 0 saturated heterocycles. The molecule has 0 radical (unpaired) electrons. The van der Waals surface area contributed by atoms with Crippen LogP contribution in [0.25, 0.3) is 17.1 Å². The third-order valence-corrected chi connectivity index (χ3v) is 5.22. The third-order valence-electron chi connectivity index (χ3n) is 3.64. The average Bonchev–Trinajstić information content (AvgIpc) is 3.03. The van der Waals surface area contributed by atoms with E-state index in [1.165, 1.54) is 31.4 Å². The summed E-state index contributed by atoms with van der Waals surface area (Å²) in [5, 5.41) is 0.112. The van der Waals surface area contributed by atoms with Gasteiger partial charge in [-0.15, -0.1) is 0 Å². The molecule has 8 heteroatoms. The van der Waals surface area contributed by atoms with Gasteiger partial charge in [-0.2, -0.15) is 0 Å². The first-order chi connectivity index (χ1) is 11.8. The summed E-state index contributed by atoms with van der Waals surface area (Å²) < 4.78 is 43.9. The molecule has 0 amide bonds.